The molecule has 0 aromatic carbocycles. The van der Waals surface area contributed by atoms with E-state index in [2.05, 4.69) is 33.4 Å². The molecule has 4 aliphatic rings. The summed E-state index contributed by atoms with van der Waals surface area (Å²) in [6.45, 7) is 4.50. The quantitative estimate of drug-likeness (QED) is 0.781. The van der Waals surface area contributed by atoms with Crippen LogP contribution < -0.4 is 10.2 Å². The van der Waals surface area contributed by atoms with Crippen LogP contribution in [0, 0.1) is 5.92 Å². The molecule has 1 spiro atoms. The van der Waals surface area contributed by atoms with Crippen molar-refractivity contribution >= 4 is 17.6 Å². The third-order valence-corrected chi connectivity index (χ3v) is 7.84. The summed E-state index contributed by atoms with van der Waals surface area (Å²) in [7, 11) is 0. The predicted molar refractivity (Wildman–Crippen MR) is 115 cm³/mol. The van der Waals surface area contributed by atoms with E-state index >= 15 is 0 Å². The Morgan fingerprint density at radius 2 is 1.86 bits per heavy atom. The Kier molecular flexibility index (Phi) is 4.10. The van der Waals surface area contributed by atoms with Crippen molar-refractivity contribution in [1.29, 1.82) is 0 Å². The van der Waals surface area contributed by atoms with Gasteiger partial charge in [-0.1, -0.05) is 19.8 Å². The molecule has 2 saturated carbocycles. The van der Waals surface area contributed by atoms with Crippen LogP contribution in [0.15, 0.2) is 6.07 Å². The van der Waals surface area contributed by atoms with Crippen LogP contribution in [-0.2, 0) is 11.8 Å². The van der Waals surface area contributed by atoms with Gasteiger partial charge in [0.2, 0.25) is 5.95 Å². The van der Waals surface area contributed by atoms with E-state index in [1.807, 2.05) is 0 Å². The van der Waals surface area contributed by atoms with Gasteiger partial charge in [0.15, 0.2) is 5.82 Å². The minimum Gasteiger partial charge on any atom is -0.341 e. The molecule has 0 bridgehead atoms. The largest absolute Gasteiger partial charge is 0.341 e. The summed E-state index contributed by atoms with van der Waals surface area (Å²) >= 11 is 0. The number of hydrogen-bond acceptors (Lipinski definition) is 5. The van der Waals surface area contributed by atoms with E-state index in [1.165, 1.54) is 74.7 Å². The second-order valence-electron chi connectivity index (χ2n) is 9.96. The molecule has 6 nitrogen and oxygen atoms in total. The summed E-state index contributed by atoms with van der Waals surface area (Å²) in [4.78, 5) is 12.7. The van der Waals surface area contributed by atoms with Gasteiger partial charge in [0.05, 0.1) is 5.69 Å². The van der Waals surface area contributed by atoms with Crippen LogP contribution in [0.25, 0.3) is 0 Å². The summed E-state index contributed by atoms with van der Waals surface area (Å²) < 4.78 is 0. The number of aromatic amines is 1. The highest BCUT2D eigenvalue weighted by molar-refractivity contribution is 5.62. The highest BCUT2D eigenvalue weighted by atomic mass is 15.3. The minimum absolute atomic E-state index is 0.303. The van der Waals surface area contributed by atoms with Crippen molar-refractivity contribution in [2.24, 2.45) is 5.92 Å². The van der Waals surface area contributed by atoms with Crippen LogP contribution in [0.5, 0.6) is 0 Å². The zero-order valence-corrected chi connectivity index (χ0v) is 17.5. The van der Waals surface area contributed by atoms with E-state index in [0.717, 1.165) is 43.0 Å². The summed E-state index contributed by atoms with van der Waals surface area (Å²) in [5.74, 6) is 4.33. The second-order valence-corrected chi connectivity index (χ2v) is 9.96. The lowest BCUT2D eigenvalue weighted by Gasteiger charge is -2.32. The summed E-state index contributed by atoms with van der Waals surface area (Å²) in [5, 5.41) is 11.3. The van der Waals surface area contributed by atoms with Gasteiger partial charge in [-0.2, -0.15) is 10.1 Å². The fourth-order valence-electron chi connectivity index (χ4n) is 5.75. The number of hydrogen-bond donors (Lipinski definition) is 2. The number of nitrogens with one attached hydrogen (secondary N) is 2. The average Bonchev–Trinajstić information content (AvgIpc) is 3.13. The molecular formula is C23H32N6. The third-order valence-electron chi connectivity index (χ3n) is 7.84. The van der Waals surface area contributed by atoms with Crippen LogP contribution in [0.4, 0.5) is 17.6 Å². The molecule has 3 fully saturated rings. The Morgan fingerprint density at radius 1 is 1.07 bits per heavy atom. The van der Waals surface area contributed by atoms with E-state index < -0.39 is 0 Å². The molecule has 0 radical (unpaired) electrons. The van der Waals surface area contributed by atoms with Crippen LogP contribution >= 0.6 is 0 Å². The minimum atomic E-state index is 0.303. The van der Waals surface area contributed by atoms with Crippen LogP contribution in [0.3, 0.4) is 0 Å². The maximum atomic E-state index is 5.23. The molecule has 154 valence electrons. The van der Waals surface area contributed by atoms with Gasteiger partial charge in [-0.15, -0.1) is 0 Å². The highest BCUT2D eigenvalue weighted by Gasteiger charge is 2.44. The van der Waals surface area contributed by atoms with Crippen molar-refractivity contribution in [2.45, 2.75) is 82.5 Å². The first-order valence-corrected chi connectivity index (χ1v) is 11.7. The lowest BCUT2D eigenvalue weighted by Crippen LogP contribution is -2.35. The normalized spacial score (nSPS) is 23.7. The third kappa shape index (κ3) is 3.11. The zero-order chi connectivity index (χ0) is 19.4. The molecule has 6 heteroatoms. The fraction of sp³-hybridized carbons (Fsp3) is 0.696. The van der Waals surface area contributed by atoms with E-state index in [-0.39, 0.29) is 0 Å². The number of fused-ring (bicyclic) bond motifs is 2. The van der Waals surface area contributed by atoms with Crippen molar-refractivity contribution in [3.05, 3.63) is 23.0 Å². The van der Waals surface area contributed by atoms with Crippen molar-refractivity contribution in [3.8, 4) is 0 Å². The first-order valence-electron chi connectivity index (χ1n) is 11.7. The van der Waals surface area contributed by atoms with Crippen LogP contribution in [0.2, 0.25) is 0 Å². The standard InChI is InChI=1S/C23H32N6/c1-15-7-12-29(13-8-15)22-25-20-17(6-11-23(20)9-2-3-10-23)21(26-22)24-19-14-18(27-28-19)16-4-5-16/h14-16H,2-13H2,1H3,(H2,24,25,26,27,28). The molecule has 0 amide bonds. The van der Waals surface area contributed by atoms with E-state index in [4.69, 9.17) is 9.97 Å². The average molecular weight is 393 g/mol. The Hall–Kier alpha value is -2.11. The van der Waals surface area contributed by atoms with Crippen molar-refractivity contribution < 1.29 is 0 Å². The Labute approximate surface area is 172 Å². The number of rotatable bonds is 4. The topological polar surface area (TPSA) is 69.7 Å². The highest BCUT2D eigenvalue weighted by Crippen LogP contribution is 2.51. The molecule has 6 rings (SSSR count). The monoisotopic (exact) mass is 392 g/mol. The second kappa shape index (κ2) is 6.71. The lowest BCUT2D eigenvalue weighted by atomic mass is 9.83. The number of anilines is 3. The molecule has 0 atom stereocenters. The molecule has 0 unspecified atom stereocenters. The van der Waals surface area contributed by atoms with Gasteiger partial charge in [0.1, 0.15) is 5.82 Å². The number of nitrogens with zero attached hydrogens (tertiary/aromatic N) is 4. The SMILES string of the molecule is CC1CCN(c2nc(Nc3cc(C4CC4)[nH]n3)c3c(n2)C2(CCCC2)CC3)CC1. The van der Waals surface area contributed by atoms with Crippen molar-refractivity contribution in [1.82, 2.24) is 20.2 Å². The fourth-order valence-corrected chi connectivity index (χ4v) is 5.75. The van der Waals surface area contributed by atoms with Gasteiger partial charge < -0.3 is 10.2 Å². The molecule has 29 heavy (non-hydrogen) atoms. The van der Waals surface area contributed by atoms with Gasteiger partial charge in [-0.25, -0.2) is 4.98 Å². The Morgan fingerprint density at radius 3 is 2.62 bits per heavy atom. The molecule has 3 heterocycles. The molecular weight excluding hydrogens is 360 g/mol. The van der Waals surface area contributed by atoms with Gasteiger partial charge in [-0.3, -0.25) is 5.10 Å². The Bertz CT molecular complexity index is 900. The molecule has 2 aromatic heterocycles. The summed E-state index contributed by atoms with van der Waals surface area (Å²) in [6.07, 6.45) is 12.6. The molecule has 1 aliphatic heterocycles. The van der Waals surface area contributed by atoms with Gasteiger partial charge >= 0.3 is 0 Å². The first-order chi connectivity index (χ1) is 14.2. The smallest absolute Gasteiger partial charge is 0.227 e. The van der Waals surface area contributed by atoms with E-state index in [0.29, 0.717) is 11.3 Å². The zero-order valence-electron chi connectivity index (χ0n) is 17.5. The van der Waals surface area contributed by atoms with Crippen LogP contribution in [0.1, 0.15) is 87.6 Å². The number of H-pyrrole nitrogens is 1. The lowest BCUT2D eigenvalue weighted by molar-refractivity contribution is 0.421. The van der Waals surface area contributed by atoms with Crippen LogP contribution in [-0.4, -0.2) is 33.3 Å². The van der Waals surface area contributed by atoms with Crippen molar-refractivity contribution in [2.75, 3.05) is 23.3 Å². The summed E-state index contributed by atoms with van der Waals surface area (Å²) in [6, 6.07) is 2.18. The molecule has 3 aliphatic carbocycles. The number of aromatic nitrogens is 4. The van der Waals surface area contributed by atoms with Gasteiger partial charge in [-0.05, 0) is 57.3 Å². The van der Waals surface area contributed by atoms with Crippen molar-refractivity contribution in [3.63, 3.8) is 0 Å². The van der Waals surface area contributed by atoms with E-state index in [1.54, 1.807) is 0 Å². The Balaban J connectivity index is 1.37. The number of piperidine rings is 1. The molecule has 2 aromatic rings. The van der Waals surface area contributed by atoms with Gasteiger partial charge in [0, 0.05) is 41.7 Å². The molecule has 2 N–H and O–H groups in total. The summed E-state index contributed by atoms with van der Waals surface area (Å²) in [5.41, 5.74) is 4.25. The maximum Gasteiger partial charge on any atom is 0.227 e. The molecule has 1 saturated heterocycles. The van der Waals surface area contributed by atoms with E-state index in [9.17, 15) is 0 Å². The van der Waals surface area contributed by atoms with Gasteiger partial charge in [0.25, 0.3) is 0 Å². The first kappa shape index (κ1) is 17.7. The maximum absolute atomic E-state index is 5.23. The predicted octanol–water partition coefficient (Wildman–Crippen LogP) is 4.82.